The quantitative estimate of drug-likeness (QED) is 0.856. The highest BCUT2D eigenvalue weighted by Crippen LogP contribution is 2.22. The second-order valence-electron chi connectivity index (χ2n) is 5.08. The molecule has 1 atom stereocenters. The van der Waals surface area contributed by atoms with Gasteiger partial charge in [-0.2, -0.15) is 0 Å². The van der Waals surface area contributed by atoms with E-state index in [1.807, 2.05) is 36.7 Å². The van der Waals surface area contributed by atoms with Crippen molar-refractivity contribution in [3.8, 4) is 5.75 Å². The third-order valence-electron chi connectivity index (χ3n) is 3.48. The van der Waals surface area contributed by atoms with Crippen molar-refractivity contribution in [2.45, 2.75) is 19.1 Å². The van der Waals surface area contributed by atoms with Crippen LogP contribution < -0.4 is 4.74 Å². The highest BCUT2D eigenvalue weighted by Gasteiger charge is 2.23. The van der Waals surface area contributed by atoms with Crippen molar-refractivity contribution < 1.29 is 4.74 Å². The first-order valence-electron chi connectivity index (χ1n) is 6.83. The molecule has 1 saturated heterocycles. The summed E-state index contributed by atoms with van der Waals surface area (Å²) in [6.07, 6.45) is 5.06. The molecule has 0 bridgehead atoms. The Labute approximate surface area is 127 Å². The first-order chi connectivity index (χ1) is 9.79. The van der Waals surface area contributed by atoms with Crippen molar-refractivity contribution in [1.29, 1.82) is 0 Å². The van der Waals surface area contributed by atoms with Gasteiger partial charge in [-0.25, -0.2) is 0 Å². The van der Waals surface area contributed by atoms with E-state index in [1.54, 1.807) is 0 Å². The SMILES string of the molecule is Brc1cccc(OC2CCN(Cc3ccncc3)C2)c1. The summed E-state index contributed by atoms with van der Waals surface area (Å²) in [5.41, 5.74) is 1.31. The molecule has 2 aromatic rings. The van der Waals surface area contributed by atoms with Crippen LogP contribution in [0.1, 0.15) is 12.0 Å². The topological polar surface area (TPSA) is 25.4 Å². The van der Waals surface area contributed by atoms with Crippen molar-refractivity contribution in [2.24, 2.45) is 0 Å². The predicted octanol–water partition coefficient (Wildman–Crippen LogP) is 3.50. The van der Waals surface area contributed by atoms with Crippen molar-refractivity contribution in [3.05, 3.63) is 58.8 Å². The van der Waals surface area contributed by atoms with E-state index in [2.05, 4.69) is 37.9 Å². The van der Waals surface area contributed by atoms with Crippen LogP contribution in [-0.4, -0.2) is 29.1 Å². The van der Waals surface area contributed by atoms with Crippen LogP contribution in [0.2, 0.25) is 0 Å². The second kappa shape index (κ2) is 6.37. The fraction of sp³-hybridized carbons (Fsp3) is 0.312. The molecule has 2 heterocycles. The minimum atomic E-state index is 0.283. The van der Waals surface area contributed by atoms with Gasteiger partial charge in [0, 0.05) is 36.5 Å². The Morgan fingerprint density at radius 1 is 1.25 bits per heavy atom. The molecule has 1 aromatic heterocycles. The van der Waals surface area contributed by atoms with Crippen LogP contribution in [0.4, 0.5) is 0 Å². The molecule has 0 saturated carbocycles. The number of nitrogens with zero attached hydrogens (tertiary/aromatic N) is 2. The van der Waals surface area contributed by atoms with Gasteiger partial charge >= 0.3 is 0 Å². The molecule has 3 nitrogen and oxygen atoms in total. The molecular weight excluding hydrogens is 316 g/mol. The lowest BCUT2D eigenvalue weighted by Gasteiger charge is -2.17. The summed E-state index contributed by atoms with van der Waals surface area (Å²) >= 11 is 3.47. The van der Waals surface area contributed by atoms with E-state index < -0.39 is 0 Å². The molecule has 4 heteroatoms. The largest absolute Gasteiger partial charge is 0.489 e. The number of ether oxygens (including phenoxy) is 1. The first kappa shape index (κ1) is 13.6. The van der Waals surface area contributed by atoms with Crippen LogP contribution in [0.5, 0.6) is 5.75 Å². The number of halogens is 1. The molecule has 1 fully saturated rings. The van der Waals surface area contributed by atoms with Gasteiger partial charge in [-0.15, -0.1) is 0 Å². The van der Waals surface area contributed by atoms with E-state index >= 15 is 0 Å². The Morgan fingerprint density at radius 3 is 2.90 bits per heavy atom. The lowest BCUT2D eigenvalue weighted by Crippen LogP contribution is -2.24. The molecule has 20 heavy (non-hydrogen) atoms. The summed E-state index contributed by atoms with van der Waals surface area (Å²) in [5, 5.41) is 0. The molecule has 0 N–H and O–H groups in total. The number of rotatable bonds is 4. The molecule has 0 spiro atoms. The Morgan fingerprint density at radius 2 is 2.10 bits per heavy atom. The number of benzene rings is 1. The van der Waals surface area contributed by atoms with Crippen LogP contribution in [0.3, 0.4) is 0 Å². The summed E-state index contributed by atoms with van der Waals surface area (Å²) in [6.45, 7) is 3.04. The van der Waals surface area contributed by atoms with Crippen molar-refractivity contribution in [3.63, 3.8) is 0 Å². The summed E-state index contributed by atoms with van der Waals surface area (Å²) in [6, 6.07) is 12.2. The standard InChI is InChI=1S/C16H17BrN2O/c17-14-2-1-3-15(10-14)20-16-6-9-19(12-16)11-13-4-7-18-8-5-13/h1-5,7-8,10,16H,6,9,11-12H2. The summed E-state index contributed by atoms with van der Waals surface area (Å²) in [5.74, 6) is 0.940. The Bertz CT molecular complexity index is 561. The average molecular weight is 333 g/mol. The van der Waals surface area contributed by atoms with Gasteiger partial charge in [0.1, 0.15) is 11.9 Å². The number of likely N-dealkylation sites (tertiary alicyclic amines) is 1. The van der Waals surface area contributed by atoms with Gasteiger partial charge in [-0.1, -0.05) is 22.0 Å². The van der Waals surface area contributed by atoms with Gasteiger partial charge < -0.3 is 4.74 Å². The molecule has 0 amide bonds. The molecule has 0 aliphatic carbocycles. The normalized spacial score (nSPS) is 19.1. The van der Waals surface area contributed by atoms with Crippen molar-refractivity contribution >= 4 is 15.9 Å². The van der Waals surface area contributed by atoms with E-state index in [0.29, 0.717) is 0 Å². The third kappa shape index (κ3) is 3.58. The molecule has 3 rings (SSSR count). The average Bonchev–Trinajstić information content (AvgIpc) is 2.87. The number of hydrogen-bond acceptors (Lipinski definition) is 3. The second-order valence-corrected chi connectivity index (χ2v) is 5.99. The van der Waals surface area contributed by atoms with E-state index in [0.717, 1.165) is 36.3 Å². The van der Waals surface area contributed by atoms with Crippen LogP contribution in [0.15, 0.2) is 53.3 Å². The number of aromatic nitrogens is 1. The predicted molar refractivity (Wildman–Crippen MR) is 82.7 cm³/mol. The van der Waals surface area contributed by atoms with Crippen LogP contribution >= 0.6 is 15.9 Å². The summed E-state index contributed by atoms with van der Waals surface area (Å²) in [7, 11) is 0. The van der Waals surface area contributed by atoms with Gasteiger partial charge in [0.25, 0.3) is 0 Å². The lowest BCUT2D eigenvalue weighted by atomic mass is 10.2. The van der Waals surface area contributed by atoms with E-state index in [-0.39, 0.29) is 6.10 Å². The maximum Gasteiger partial charge on any atom is 0.120 e. The Kier molecular flexibility index (Phi) is 4.33. The minimum absolute atomic E-state index is 0.283. The lowest BCUT2D eigenvalue weighted by molar-refractivity contribution is 0.198. The van der Waals surface area contributed by atoms with Crippen LogP contribution in [0, 0.1) is 0 Å². The van der Waals surface area contributed by atoms with Gasteiger partial charge in [0.15, 0.2) is 0 Å². The Hall–Kier alpha value is -1.39. The van der Waals surface area contributed by atoms with Crippen molar-refractivity contribution in [1.82, 2.24) is 9.88 Å². The minimum Gasteiger partial charge on any atom is -0.489 e. The molecule has 0 radical (unpaired) electrons. The number of hydrogen-bond donors (Lipinski definition) is 0. The van der Waals surface area contributed by atoms with Crippen LogP contribution in [-0.2, 0) is 6.54 Å². The monoisotopic (exact) mass is 332 g/mol. The maximum absolute atomic E-state index is 6.04. The maximum atomic E-state index is 6.04. The van der Waals surface area contributed by atoms with Crippen LogP contribution in [0.25, 0.3) is 0 Å². The van der Waals surface area contributed by atoms with Crippen molar-refractivity contribution in [2.75, 3.05) is 13.1 Å². The fourth-order valence-corrected chi connectivity index (χ4v) is 2.89. The highest BCUT2D eigenvalue weighted by atomic mass is 79.9. The molecule has 1 aromatic carbocycles. The van der Waals surface area contributed by atoms with E-state index in [1.165, 1.54) is 5.56 Å². The number of pyridine rings is 1. The zero-order chi connectivity index (χ0) is 13.8. The third-order valence-corrected chi connectivity index (χ3v) is 3.98. The highest BCUT2D eigenvalue weighted by molar-refractivity contribution is 9.10. The molecule has 1 unspecified atom stereocenters. The smallest absolute Gasteiger partial charge is 0.120 e. The Balaban J connectivity index is 1.54. The molecular formula is C16H17BrN2O. The van der Waals surface area contributed by atoms with E-state index in [9.17, 15) is 0 Å². The molecule has 1 aliphatic heterocycles. The first-order valence-corrected chi connectivity index (χ1v) is 7.62. The molecule has 104 valence electrons. The zero-order valence-corrected chi connectivity index (χ0v) is 12.8. The van der Waals surface area contributed by atoms with Gasteiger partial charge in [-0.3, -0.25) is 9.88 Å². The van der Waals surface area contributed by atoms with Gasteiger partial charge in [0.2, 0.25) is 0 Å². The van der Waals surface area contributed by atoms with Gasteiger partial charge in [0.05, 0.1) is 0 Å². The molecule has 1 aliphatic rings. The zero-order valence-electron chi connectivity index (χ0n) is 11.2. The van der Waals surface area contributed by atoms with Gasteiger partial charge in [-0.05, 0) is 42.3 Å². The van der Waals surface area contributed by atoms with E-state index in [4.69, 9.17) is 4.74 Å². The summed E-state index contributed by atoms with van der Waals surface area (Å²) < 4.78 is 7.10. The fourth-order valence-electron chi connectivity index (χ4n) is 2.52. The summed E-state index contributed by atoms with van der Waals surface area (Å²) in [4.78, 5) is 6.48.